The number of hydrogen-bond acceptors (Lipinski definition) is 7. The third-order valence-corrected chi connectivity index (χ3v) is 6.30. The first kappa shape index (κ1) is 21.1. The summed E-state index contributed by atoms with van der Waals surface area (Å²) in [6, 6.07) is 17.2. The number of esters is 1. The van der Waals surface area contributed by atoms with Gasteiger partial charge in [-0.25, -0.2) is 4.79 Å². The number of carbonyl (C=O) groups is 1. The van der Waals surface area contributed by atoms with Crippen LogP contribution in [0.5, 0.6) is 23.0 Å². The lowest BCUT2D eigenvalue weighted by Gasteiger charge is -2.36. The van der Waals surface area contributed by atoms with Crippen LogP contribution >= 0.6 is 23.5 Å². The number of benzene rings is 3. The van der Waals surface area contributed by atoms with E-state index in [0.717, 1.165) is 22.3 Å². The first-order valence-electron chi connectivity index (χ1n) is 10.1. The maximum absolute atomic E-state index is 13.0. The van der Waals surface area contributed by atoms with Crippen molar-refractivity contribution in [3.63, 3.8) is 0 Å². The van der Waals surface area contributed by atoms with Crippen molar-refractivity contribution >= 4 is 29.5 Å². The number of ether oxygens (including phenoxy) is 4. The topological polar surface area (TPSA) is 54.0 Å². The number of thioether (sulfide) groups is 2. The molecule has 2 aliphatic heterocycles. The van der Waals surface area contributed by atoms with Crippen LogP contribution in [0.3, 0.4) is 0 Å². The van der Waals surface area contributed by atoms with Gasteiger partial charge in [-0.3, -0.25) is 0 Å². The second-order valence-corrected chi connectivity index (χ2v) is 9.27. The van der Waals surface area contributed by atoms with Gasteiger partial charge < -0.3 is 18.9 Å². The SMILES string of the molecule is CSCOc1ccc2c(c1)Oc1cc(OCSC)ccc1C21OC(=O)c2cc(C)ccc21. The molecule has 3 aromatic rings. The van der Waals surface area contributed by atoms with Crippen LogP contribution in [0.1, 0.15) is 32.6 Å². The first-order chi connectivity index (χ1) is 15.6. The van der Waals surface area contributed by atoms with Crippen molar-refractivity contribution < 1.29 is 23.7 Å². The molecule has 5 nitrogen and oxygen atoms in total. The van der Waals surface area contributed by atoms with E-state index >= 15 is 0 Å². The summed E-state index contributed by atoms with van der Waals surface area (Å²) in [6.07, 6.45) is 3.96. The fourth-order valence-electron chi connectivity index (χ4n) is 4.24. The molecule has 2 aliphatic rings. The van der Waals surface area contributed by atoms with Crippen LogP contribution in [0.2, 0.25) is 0 Å². The highest BCUT2D eigenvalue weighted by Gasteiger charge is 2.53. The van der Waals surface area contributed by atoms with E-state index in [1.807, 2.05) is 74.0 Å². The van der Waals surface area contributed by atoms with E-state index in [1.165, 1.54) is 0 Å². The molecule has 0 saturated heterocycles. The lowest BCUT2D eigenvalue weighted by atomic mass is 9.77. The van der Waals surface area contributed by atoms with E-state index < -0.39 is 5.60 Å². The second kappa shape index (κ2) is 8.30. The van der Waals surface area contributed by atoms with Crippen molar-refractivity contribution in [3.8, 4) is 23.0 Å². The van der Waals surface area contributed by atoms with E-state index in [4.69, 9.17) is 18.9 Å². The van der Waals surface area contributed by atoms with Crippen LogP contribution in [0, 0.1) is 6.92 Å². The molecule has 0 bridgehead atoms. The van der Waals surface area contributed by atoms with Crippen molar-refractivity contribution in [2.45, 2.75) is 12.5 Å². The van der Waals surface area contributed by atoms with Gasteiger partial charge in [0.05, 0.1) is 5.56 Å². The van der Waals surface area contributed by atoms with Gasteiger partial charge in [-0.15, -0.1) is 23.5 Å². The van der Waals surface area contributed by atoms with Crippen molar-refractivity contribution in [1.29, 1.82) is 0 Å². The van der Waals surface area contributed by atoms with Gasteiger partial charge in [-0.1, -0.05) is 17.7 Å². The summed E-state index contributed by atoms with van der Waals surface area (Å²) in [5.74, 6) is 3.31. The summed E-state index contributed by atoms with van der Waals surface area (Å²) in [5, 5.41) is 0. The molecule has 5 rings (SSSR count). The minimum absolute atomic E-state index is 0.340. The second-order valence-electron chi connectivity index (χ2n) is 7.64. The van der Waals surface area contributed by atoms with Crippen LogP contribution in [0.4, 0.5) is 0 Å². The molecule has 0 N–H and O–H groups in total. The lowest BCUT2D eigenvalue weighted by molar-refractivity contribution is 0.0224. The minimum Gasteiger partial charge on any atom is -0.483 e. The Bertz CT molecular complexity index is 1150. The van der Waals surface area contributed by atoms with Crippen LogP contribution in [0.25, 0.3) is 0 Å². The quantitative estimate of drug-likeness (QED) is 0.328. The van der Waals surface area contributed by atoms with Crippen molar-refractivity contribution in [2.75, 3.05) is 24.4 Å². The summed E-state index contributed by atoms with van der Waals surface area (Å²) in [5.41, 5.74) is 2.86. The smallest absolute Gasteiger partial charge is 0.340 e. The number of carbonyl (C=O) groups excluding carboxylic acids is 1. The molecular formula is C25H22O5S2. The summed E-state index contributed by atoms with van der Waals surface area (Å²) in [6.45, 7) is 1.97. The van der Waals surface area contributed by atoms with Crippen LogP contribution in [-0.4, -0.2) is 30.4 Å². The third-order valence-electron chi connectivity index (χ3n) is 5.59. The standard InChI is InChI=1S/C25H22O5S2/c1-15-4-7-19-18(10-15)24(26)30-25(19)20-8-5-16(27-13-31-2)11-22(20)29-23-12-17(28-14-32-3)6-9-21(23)25/h4-12H,13-14H2,1-3H3. The minimum atomic E-state index is -1.08. The largest absolute Gasteiger partial charge is 0.483 e. The Morgan fingerprint density at radius 2 is 1.38 bits per heavy atom. The highest BCUT2D eigenvalue weighted by Crippen LogP contribution is 2.57. The Labute approximate surface area is 195 Å². The number of rotatable bonds is 6. The molecule has 0 atom stereocenters. The molecule has 2 heterocycles. The van der Waals surface area contributed by atoms with Crippen LogP contribution in [0.15, 0.2) is 54.6 Å². The van der Waals surface area contributed by atoms with Crippen LogP contribution < -0.4 is 14.2 Å². The van der Waals surface area contributed by atoms with Gasteiger partial charge in [0.25, 0.3) is 0 Å². The highest BCUT2D eigenvalue weighted by molar-refractivity contribution is 7.98. The van der Waals surface area contributed by atoms with E-state index in [9.17, 15) is 4.79 Å². The summed E-state index contributed by atoms with van der Waals surface area (Å²) in [4.78, 5) is 13.0. The summed E-state index contributed by atoms with van der Waals surface area (Å²) < 4.78 is 24.1. The van der Waals surface area contributed by atoms with Crippen molar-refractivity contribution in [3.05, 3.63) is 82.4 Å². The zero-order chi connectivity index (χ0) is 22.3. The van der Waals surface area contributed by atoms with E-state index in [0.29, 0.717) is 40.4 Å². The first-order valence-corrected chi connectivity index (χ1v) is 12.9. The zero-order valence-electron chi connectivity index (χ0n) is 18.0. The van der Waals surface area contributed by atoms with Gasteiger partial charge in [0.15, 0.2) is 5.60 Å². The average molecular weight is 467 g/mol. The molecule has 0 radical (unpaired) electrons. The molecule has 32 heavy (non-hydrogen) atoms. The predicted octanol–water partition coefficient (Wildman–Crippen LogP) is 5.96. The third kappa shape index (κ3) is 3.31. The zero-order valence-corrected chi connectivity index (χ0v) is 19.6. The Balaban J connectivity index is 1.72. The van der Waals surface area contributed by atoms with Crippen LogP contribution in [-0.2, 0) is 10.3 Å². The highest BCUT2D eigenvalue weighted by atomic mass is 32.2. The Morgan fingerprint density at radius 3 is 1.94 bits per heavy atom. The van der Waals surface area contributed by atoms with Gasteiger partial charge in [-0.05, 0) is 49.8 Å². The predicted molar refractivity (Wildman–Crippen MR) is 127 cm³/mol. The lowest BCUT2D eigenvalue weighted by Crippen LogP contribution is -2.33. The Morgan fingerprint density at radius 1 is 0.812 bits per heavy atom. The molecule has 164 valence electrons. The molecule has 0 fully saturated rings. The van der Waals surface area contributed by atoms with Gasteiger partial charge in [0, 0.05) is 28.8 Å². The van der Waals surface area contributed by atoms with E-state index in [2.05, 4.69) is 0 Å². The van der Waals surface area contributed by atoms with Crippen molar-refractivity contribution in [2.24, 2.45) is 0 Å². The number of aryl methyl sites for hydroxylation is 1. The Kier molecular flexibility index (Phi) is 5.47. The molecule has 0 saturated carbocycles. The van der Waals surface area contributed by atoms with Gasteiger partial charge in [-0.2, -0.15) is 0 Å². The number of hydrogen-bond donors (Lipinski definition) is 0. The van der Waals surface area contributed by atoms with Gasteiger partial charge >= 0.3 is 5.97 Å². The molecule has 3 aromatic carbocycles. The molecule has 0 aliphatic carbocycles. The molecular weight excluding hydrogens is 444 g/mol. The fourth-order valence-corrected chi connectivity index (χ4v) is 4.74. The normalized spacial score (nSPS) is 14.8. The fraction of sp³-hybridized carbons (Fsp3) is 0.240. The molecule has 0 aromatic heterocycles. The maximum Gasteiger partial charge on any atom is 0.340 e. The summed E-state index contributed by atoms with van der Waals surface area (Å²) in [7, 11) is 0. The molecule has 0 unspecified atom stereocenters. The molecule has 1 spiro atoms. The maximum atomic E-state index is 13.0. The monoisotopic (exact) mass is 466 g/mol. The Hall–Kier alpha value is -2.77. The number of fused-ring (bicyclic) bond motifs is 6. The summed E-state index contributed by atoms with van der Waals surface area (Å²) >= 11 is 3.18. The molecule has 0 amide bonds. The van der Waals surface area contributed by atoms with E-state index in [-0.39, 0.29) is 5.97 Å². The van der Waals surface area contributed by atoms with Gasteiger partial charge in [0.2, 0.25) is 0 Å². The van der Waals surface area contributed by atoms with Gasteiger partial charge in [0.1, 0.15) is 34.9 Å². The average Bonchev–Trinajstić information content (AvgIpc) is 3.08. The molecule has 7 heteroatoms. The van der Waals surface area contributed by atoms with E-state index in [1.54, 1.807) is 23.5 Å². The van der Waals surface area contributed by atoms with Crippen molar-refractivity contribution in [1.82, 2.24) is 0 Å².